The first kappa shape index (κ1) is 18.5. The molecule has 0 bridgehead atoms. The number of amides is 2. The van der Waals surface area contributed by atoms with Crippen LogP contribution >= 0.6 is 0 Å². The molecule has 2 aliphatic rings. The van der Waals surface area contributed by atoms with Gasteiger partial charge in [0, 0.05) is 18.7 Å². The lowest BCUT2D eigenvalue weighted by Crippen LogP contribution is -2.44. The van der Waals surface area contributed by atoms with E-state index in [0.717, 1.165) is 41.9 Å². The van der Waals surface area contributed by atoms with Crippen molar-refractivity contribution in [3.63, 3.8) is 0 Å². The number of methoxy groups -OCH3 is 2. The third-order valence-corrected chi connectivity index (χ3v) is 5.49. The zero-order chi connectivity index (χ0) is 19.5. The SMILES string of the molecule is COc1cc2c(cc1OC)CN(C(=O)NC1CCCOc3ccccc31)CC2. The lowest BCUT2D eigenvalue weighted by atomic mass is 9.98. The van der Waals surface area contributed by atoms with Crippen LogP contribution in [0, 0.1) is 0 Å². The molecule has 6 heteroatoms. The van der Waals surface area contributed by atoms with E-state index in [9.17, 15) is 4.79 Å². The predicted octanol–water partition coefficient (Wildman–Crippen LogP) is 3.69. The van der Waals surface area contributed by atoms with Gasteiger partial charge < -0.3 is 24.4 Å². The number of ether oxygens (including phenoxy) is 3. The number of hydrogen-bond donors (Lipinski definition) is 1. The van der Waals surface area contributed by atoms with Crippen LogP contribution in [0.3, 0.4) is 0 Å². The van der Waals surface area contributed by atoms with Crippen LogP contribution in [0.15, 0.2) is 36.4 Å². The molecule has 2 aromatic carbocycles. The first-order chi connectivity index (χ1) is 13.7. The molecule has 1 N–H and O–H groups in total. The Balaban J connectivity index is 1.50. The largest absolute Gasteiger partial charge is 0.493 e. The second kappa shape index (κ2) is 8.00. The van der Waals surface area contributed by atoms with Crippen LogP contribution in [-0.2, 0) is 13.0 Å². The lowest BCUT2D eigenvalue weighted by Gasteiger charge is -2.31. The number of rotatable bonds is 3. The van der Waals surface area contributed by atoms with Crippen LogP contribution < -0.4 is 19.5 Å². The van der Waals surface area contributed by atoms with Crippen molar-refractivity contribution >= 4 is 6.03 Å². The average Bonchev–Trinajstić information content (AvgIpc) is 2.94. The van der Waals surface area contributed by atoms with Gasteiger partial charge in [-0.05, 0) is 48.6 Å². The number of urea groups is 1. The summed E-state index contributed by atoms with van der Waals surface area (Å²) in [4.78, 5) is 14.9. The molecule has 2 aromatic rings. The summed E-state index contributed by atoms with van der Waals surface area (Å²) in [5.74, 6) is 2.29. The van der Waals surface area contributed by atoms with E-state index in [1.165, 1.54) is 5.56 Å². The number of carbonyl (C=O) groups is 1. The molecule has 2 aliphatic heterocycles. The van der Waals surface area contributed by atoms with E-state index in [1.54, 1.807) is 14.2 Å². The minimum atomic E-state index is -0.0397. The van der Waals surface area contributed by atoms with Gasteiger partial charge in [0.15, 0.2) is 11.5 Å². The zero-order valence-corrected chi connectivity index (χ0v) is 16.4. The molecular weight excluding hydrogens is 356 g/mol. The molecule has 0 spiro atoms. The van der Waals surface area contributed by atoms with Crippen molar-refractivity contribution in [3.8, 4) is 17.2 Å². The van der Waals surface area contributed by atoms with Gasteiger partial charge in [0.1, 0.15) is 5.75 Å². The maximum atomic E-state index is 13.0. The molecule has 1 unspecified atom stereocenters. The summed E-state index contributed by atoms with van der Waals surface area (Å²) in [6.07, 6.45) is 2.59. The summed E-state index contributed by atoms with van der Waals surface area (Å²) in [6, 6.07) is 11.9. The summed E-state index contributed by atoms with van der Waals surface area (Å²) in [7, 11) is 3.27. The normalized spacial score (nSPS) is 18.2. The van der Waals surface area contributed by atoms with Gasteiger partial charge in [-0.25, -0.2) is 4.79 Å². The van der Waals surface area contributed by atoms with E-state index < -0.39 is 0 Å². The van der Waals surface area contributed by atoms with Gasteiger partial charge in [-0.1, -0.05) is 18.2 Å². The fraction of sp³-hybridized carbons (Fsp3) is 0.409. The van der Waals surface area contributed by atoms with Crippen molar-refractivity contribution in [1.29, 1.82) is 0 Å². The number of nitrogens with one attached hydrogen (secondary N) is 1. The molecule has 4 rings (SSSR count). The summed E-state index contributed by atoms with van der Waals surface area (Å²) in [6.45, 7) is 1.92. The monoisotopic (exact) mass is 382 g/mol. The topological polar surface area (TPSA) is 60.0 Å². The van der Waals surface area contributed by atoms with Crippen molar-refractivity contribution in [2.75, 3.05) is 27.4 Å². The van der Waals surface area contributed by atoms with Gasteiger partial charge in [0.05, 0.1) is 26.9 Å². The van der Waals surface area contributed by atoms with Gasteiger partial charge in [-0.3, -0.25) is 0 Å². The highest BCUT2D eigenvalue weighted by molar-refractivity contribution is 5.75. The smallest absolute Gasteiger partial charge is 0.318 e. The van der Waals surface area contributed by atoms with E-state index in [4.69, 9.17) is 14.2 Å². The van der Waals surface area contributed by atoms with Crippen molar-refractivity contribution in [2.24, 2.45) is 0 Å². The molecule has 0 fully saturated rings. The molecule has 2 amide bonds. The van der Waals surface area contributed by atoms with E-state index in [1.807, 2.05) is 41.3 Å². The number of para-hydroxylation sites is 1. The van der Waals surface area contributed by atoms with Crippen molar-refractivity contribution in [1.82, 2.24) is 10.2 Å². The summed E-state index contributed by atoms with van der Waals surface area (Å²) in [5.41, 5.74) is 3.36. The fourth-order valence-electron chi connectivity index (χ4n) is 3.97. The second-order valence-electron chi connectivity index (χ2n) is 7.18. The summed E-state index contributed by atoms with van der Waals surface area (Å²) < 4.78 is 16.6. The molecule has 0 saturated heterocycles. The van der Waals surface area contributed by atoms with Crippen molar-refractivity contribution < 1.29 is 19.0 Å². The first-order valence-corrected chi connectivity index (χ1v) is 9.70. The Morgan fingerprint density at radius 1 is 1.14 bits per heavy atom. The van der Waals surface area contributed by atoms with Crippen LogP contribution in [0.1, 0.15) is 35.6 Å². The number of hydrogen-bond acceptors (Lipinski definition) is 4. The molecule has 28 heavy (non-hydrogen) atoms. The first-order valence-electron chi connectivity index (χ1n) is 9.70. The van der Waals surface area contributed by atoms with Crippen LogP contribution in [-0.4, -0.2) is 38.3 Å². The Bertz CT molecular complexity index is 868. The van der Waals surface area contributed by atoms with Crippen LogP contribution in [0.4, 0.5) is 4.79 Å². The van der Waals surface area contributed by atoms with Gasteiger partial charge >= 0.3 is 6.03 Å². The third kappa shape index (κ3) is 3.59. The third-order valence-electron chi connectivity index (χ3n) is 5.49. The standard InChI is InChI=1S/C22H26N2O4/c1-26-20-12-15-9-10-24(14-16(15)13-21(20)27-2)22(25)23-18-7-5-11-28-19-8-4-3-6-17(18)19/h3-4,6,8,12-13,18H,5,7,9-11,14H2,1-2H3,(H,23,25). The number of benzene rings is 2. The molecule has 0 saturated carbocycles. The molecule has 0 aliphatic carbocycles. The Labute approximate surface area is 165 Å². The zero-order valence-electron chi connectivity index (χ0n) is 16.4. The van der Waals surface area contributed by atoms with Gasteiger partial charge in [0.25, 0.3) is 0 Å². The molecule has 0 aromatic heterocycles. The Hall–Kier alpha value is -2.89. The van der Waals surface area contributed by atoms with Crippen molar-refractivity contribution in [2.45, 2.75) is 31.8 Å². The highest BCUT2D eigenvalue weighted by Gasteiger charge is 2.26. The number of fused-ring (bicyclic) bond motifs is 2. The number of nitrogens with zero attached hydrogens (tertiary/aromatic N) is 1. The summed E-state index contributed by atoms with van der Waals surface area (Å²) in [5, 5.41) is 3.22. The van der Waals surface area contributed by atoms with Crippen molar-refractivity contribution in [3.05, 3.63) is 53.1 Å². The highest BCUT2D eigenvalue weighted by Crippen LogP contribution is 2.34. The quantitative estimate of drug-likeness (QED) is 0.880. The summed E-state index contributed by atoms with van der Waals surface area (Å²) >= 11 is 0. The van der Waals surface area contributed by atoms with Gasteiger partial charge in [0.2, 0.25) is 0 Å². The highest BCUT2D eigenvalue weighted by atomic mass is 16.5. The fourth-order valence-corrected chi connectivity index (χ4v) is 3.97. The molecule has 0 radical (unpaired) electrons. The predicted molar refractivity (Wildman–Crippen MR) is 106 cm³/mol. The second-order valence-corrected chi connectivity index (χ2v) is 7.18. The van der Waals surface area contributed by atoms with E-state index >= 15 is 0 Å². The maximum absolute atomic E-state index is 13.0. The molecule has 2 heterocycles. The van der Waals surface area contributed by atoms with Crippen LogP contribution in [0.2, 0.25) is 0 Å². The van der Waals surface area contributed by atoms with E-state index in [-0.39, 0.29) is 12.1 Å². The molecule has 1 atom stereocenters. The lowest BCUT2D eigenvalue weighted by molar-refractivity contribution is 0.187. The van der Waals surface area contributed by atoms with Gasteiger partial charge in [-0.15, -0.1) is 0 Å². The average molecular weight is 382 g/mol. The maximum Gasteiger partial charge on any atom is 0.318 e. The molecule has 148 valence electrons. The Kier molecular flexibility index (Phi) is 5.28. The minimum Gasteiger partial charge on any atom is -0.493 e. The van der Waals surface area contributed by atoms with Gasteiger partial charge in [-0.2, -0.15) is 0 Å². The van der Waals surface area contributed by atoms with Crippen LogP contribution in [0.25, 0.3) is 0 Å². The van der Waals surface area contributed by atoms with E-state index in [0.29, 0.717) is 25.4 Å². The Morgan fingerprint density at radius 2 is 1.89 bits per heavy atom. The van der Waals surface area contributed by atoms with Crippen LogP contribution in [0.5, 0.6) is 17.2 Å². The number of carbonyl (C=O) groups excluding carboxylic acids is 1. The molecule has 6 nitrogen and oxygen atoms in total. The molecular formula is C22H26N2O4. The Morgan fingerprint density at radius 3 is 2.68 bits per heavy atom. The minimum absolute atomic E-state index is 0.0296. The van der Waals surface area contributed by atoms with E-state index in [2.05, 4.69) is 5.32 Å².